The quantitative estimate of drug-likeness (QED) is 0.916. The molecule has 0 bridgehead atoms. The summed E-state index contributed by atoms with van der Waals surface area (Å²) in [6, 6.07) is 7.59. The zero-order chi connectivity index (χ0) is 13.8. The van der Waals surface area contributed by atoms with Gasteiger partial charge in [-0.15, -0.1) is 0 Å². The smallest absolute Gasteiger partial charge is 0.314 e. The molecule has 1 aromatic carbocycles. The van der Waals surface area contributed by atoms with E-state index in [0.717, 1.165) is 0 Å². The van der Waals surface area contributed by atoms with Crippen LogP contribution in [0.4, 0.5) is 4.39 Å². The van der Waals surface area contributed by atoms with E-state index in [2.05, 4.69) is 9.97 Å². The molecule has 0 saturated carbocycles. The molecule has 1 aromatic heterocycles. The maximum absolute atomic E-state index is 13.1. The minimum absolute atomic E-state index is 0.163. The highest BCUT2D eigenvalue weighted by Crippen LogP contribution is 2.19. The number of halogens is 1. The first kappa shape index (κ1) is 13.1. The Morgan fingerprint density at radius 3 is 2.84 bits per heavy atom. The topological polar surface area (TPSA) is 63.1 Å². The number of rotatable bonds is 4. The van der Waals surface area contributed by atoms with Gasteiger partial charge in [0.1, 0.15) is 17.6 Å². The molecular weight excluding hydrogens is 247 g/mol. The van der Waals surface area contributed by atoms with Gasteiger partial charge in [-0.05, 0) is 37.1 Å². The molecule has 1 heterocycles. The van der Waals surface area contributed by atoms with Crippen LogP contribution in [0, 0.1) is 12.7 Å². The lowest BCUT2D eigenvalue weighted by Crippen LogP contribution is -2.17. The van der Waals surface area contributed by atoms with Crippen molar-refractivity contribution in [2.24, 2.45) is 0 Å². The number of hydrogen-bond donors (Lipinski definition) is 1. The fraction of sp³-hybridized carbons (Fsp3) is 0.214. The molecule has 98 valence electrons. The first-order valence-electron chi connectivity index (χ1n) is 5.83. The van der Waals surface area contributed by atoms with Gasteiger partial charge in [-0.1, -0.05) is 12.1 Å². The van der Waals surface area contributed by atoms with Crippen molar-refractivity contribution < 1.29 is 14.3 Å². The van der Waals surface area contributed by atoms with E-state index in [4.69, 9.17) is 0 Å². The number of carbonyl (C=O) groups is 1. The molecule has 0 aliphatic rings. The van der Waals surface area contributed by atoms with E-state index in [0.29, 0.717) is 11.3 Å². The molecule has 2 aromatic rings. The van der Waals surface area contributed by atoms with Crippen LogP contribution in [0.15, 0.2) is 36.5 Å². The maximum Gasteiger partial charge on any atom is 0.314 e. The van der Waals surface area contributed by atoms with Crippen molar-refractivity contribution in [3.8, 4) is 0 Å². The SMILES string of the molecule is Cc1ccnc(C(Cc2cccc(F)c2)C(=O)O)n1. The summed E-state index contributed by atoms with van der Waals surface area (Å²) in [6.45, 7) is 1.77. The molecule has 0 fully saturated rings. The molecule has 0 radical (unpaired) electrons. The first-order valence-corrected chi connectivity index (χ1v) is 5.83. The molecule has 0 amide bonds. The number of nitrogens with zero attached hydrogens (tertiary/aromatic N) is 2. The molecule has 0 saturated heterocycles. The van der Waals surface area contributed by atoms with Gasteiger partial charge in [-0.3, -0.25) is 4.79 Å². The summed E-state index contributed by atoms with van der Waals surface area (Å²) >= 11 is 0. The van der Waals surface area contributed by atoms with Crippen molar-refractivity contribution in [2.75, 3.05) is 0 Å². The lowest BCUT2D eigenvalue weighted by Gasteiger charge is -2.11. The third kappa shape index (κ3) is 3.34. The molecule has 1 atom stereocenters. The van der Waals surface area contributed by atoms with E-state index in [1.54, 1.807) is 25.1 Å². The molecule has 1 unspecified atom stereocenters. The second kappa shape index (κ2) is 5.56. The van der Waals surface area contributed by atoms with Gasteiger partial charge in [-0.25, -0.2) is 14.4 Å². The van der Waals surface area contributed by atoms with Gasteiger partial charge < -0.3 is 5.11 Å². The summed E-state index contributed by atoms with van der Waals surface area (Å²) in [4.78, 5) is 19.4. The summed E-state index contributed by atoms with van der Waals surface area (Å²) in [6.07, 6.45) is 1.69. The summed E-state index contributed by atoms with van der Waals surface area (Å²) in [5.74, 6) is -2.03. The Kier molecular flexibility index (Phi) is 3.85. The number of hydrogen-bond acceptors (Lipinski definition) is 3. The number of benzene rings is 1. The van der Waals surface area contributed by atoms with Crippen molar-refractivity contribution in [1.82, 2.24) is 9.97 Å². The molecule has 5 heteroatoms. The van der Waals surface area contributed by atoms with Crippen molar-refractivity contribution in [1.29, 1.82) is 0 Å². The van der Waals surface area contributed by atoms with Gasteiger partial charge in [0.25, 0.3) is 0 Å². The normalized spacial score (nSPS) is 12.1. The number of aliphatic carboxylic acids is 1. The van der Waals surface area contributed by atoms with Gasteiger partial charge in [0.2, 0.25) is 0 Å². The largest absolute Gasteiger partial charge is 0.481 e. The fourth-order valence-electron chi connectivity index (χ4n) is 1.82. The van der Waals surface area contributed by atoms with Crippen LogP contribution in [-0.4, -0.2) is 21.0 Å². The highest BCUT2D eigenvalue weighted by molar-refractivity contribution is 5.75. The molecule has 4 nitrogen and oxygen atoms in total. The molecule has 19 heavy (non-hydrogen) atoms. The van der Waals surface area contributed by atoms with Crippen LogP contribution >= 0.6 is 0 Å². The van der Waals surface area contributed by atoms with Crippen LogP contribution in [0.5, 0.6) is 0 Å². The minimum atomic E-state index is -1.02. The lowest BCUT2D eigenvalue weighted by molar-refractivity contribution is -0.139. The zero-order valence-corrected chi connectivity index (χ0v) is 10.4. The van der Waals surface area contributed by atoms with Gasteiger partial charge >= 0.3 is 5.97 Å². The Labute approximate surface area is 110 Å². The number of aryl methyl sites for hydroxylation is 1. The summed E-state index contributed by atoms with van der Waals surface area (Å²) in [5, 5.41) is 9.27. The minimum Gasteiger partial charge on any atom is -0.481 e. The number of carboxylic acid groups (broad SMARTS) is 1. The van der Waals surface area contributed by atoms with Gasteiger partial charge in [0.15, 0.2) is 0 Å². The first-order chi connectivity index (χ1) is 9.06. The predicted molar refractivity (Wildman–Crippen MR) is 67.2 cm³/mol. The third-order valence-corrected chi connectivity index (χ3v) is 2.75. The molecule has 0 spiro atoms. The Morgan fingerprint density at radius 2 is 2.21 bits per heavy atom. The Morgan fingerprint density at radius 1 is 1.42 bits per heavy atom. The second-order valence-corrected chi connectivity index (χ2v) is 4.28. The molecule has 2 rings (SSSR count). The Bertz CT molecular complexity index is 602. The molecule has 0 aliphatic heterocycles. The maximum atomic E-state index is 13.1. The summed E-state index contributed by atoms with van der Waals surface area (Å²) in [7, 11) is 0. The van der Waals surface area contributed by atoms with Crippen LogP contribution in [0.25, 0.3) is 0 Å². The van der Waals surface area contributed by atoms with Crippen molar-refractivity contribution in [2.45, 2.75) is 19.3 Å². The highest BCUT2D eigenvalue weighted by atomic mass is 19.1. The van der Waals surface area contributed by atoms with Crippen molar-refractivity contribution >= 4 is 5.97 Å². The van der Waals surface area contributed by atoms with E-state index in [1.807, 2.05) is 0 Å². The standard InChI is InChI=1S/C14H13FN2O2/c1-9-5-6-16-13(17-9)12(14(18)19)8-10-3-2-4-11(15)7-10/h2-7,12H,8H2,1H3,(H,18,19). The second-order valence-electron chi connectivity index (χ2n) is 4.28. The average Bonchev–Trinajstić information content (AvgIpc) is 2.35. The van der Waals surface area contributed by atoms with Crippen LogP contribution < -0.4 is 0 Å². The summed E-state index contributed by atoms with van der Waals surface area (Å²) in [5.41, 5.74) is 1.31. The van der Waals surface area contributed by atoms with E-state index in [9.17, 15) is 14.3 Å². The van der Waals surface area contributed by atoms with Crippen LogP contribution in [0.3, 0.4) is 0 Å². The molecule has 0 aliphatic carbocycles. The van der Waals surface area contributed by atoms with Gasteiger partial charge in [0, 0.05) is 11.9 Å². The van der Waals surface area contributed by atoms with Crippen LogP contribution in [-0.2, 0) is 11.2 Å². The van der Waals surface area contributed by atoms with Crippen LogP contribution in [0.1, 0.15) is 23.0 Å². The summed E-state index contributed by atoms with van der Waals surface area (Å²) < 4.78 is 13.1. The van der Waals surface area contributed by atoms with Crippen molar-refractivity contribution in [3.63, 3.8) is 0 Å². The molecule has 1 N–H and O–H groups in total. The lowest BCUT2D eigenvalue weighted by atomic mass is 9.98. The van der Waals surface area contributed by atoms with E-state index >= 15 is 0 Å². The Balaban J connectivity index is 2.29. The van der Waals surface area contributed by atoms with Gasteiger partial charge in [0.05, 0.1) is 0 Å². The average molecular weight is 260 g/mol. The van der Waals surface area contributed by atoms with Crippen LogP contribution in [0.2, 0.25) is 0 Å². The number of carboxylic acids is 1. The van der Waals surface area contributed by atoms with Gasteiger partial charge in [-0.2, -0.15) is 0 Å². The fourth-order valence-corrected chi connectivity index (χ4v) is 1.82. The van der Waals surface area contributed by atoms with E-state index in [-0.39, 0.29) is 18.1 Å². The van der Waals surface area contributed by atoms with E-state index in [1.165, 1.54) is 18.3 Å². The Hall–Kier alpha value is -2.30. The number of aromatic nitrogens is 2. The molecular formula is C14H13FN2O2. The predicted octanol–water partition coefficient (Wildman–Crippen LogP) is 2.34. The van der Waals surface area contributed by atoms with Crippen molar-refractivity contribution in [3.05, 3.63) is 59.4 Å². The van der Waals surface area contributed by atoms with E-state index < -0.39 is 11.9 Å². The highest BCUT2D eigenvalue weighted by Gasteiger charge is 2.23. The third-order valence-electron chi connectivity index (χ3n) is 2.75. The zero-order valence-electron chi connectivity index (χ0n) is 10.4. The monoisotopic (exact) mass is 260 g/mol.